The number of fused-ring (bicyclic) bond motifs is 1. The van der Waals surface area contributed by atoms with E-state index in [4.69, 9.17) is 14.2 Å². The maximum absolute atomic E-state index is 13.0. The molecule has 0 aromatic heterocycles. The van der Waals surface area contributed by atoms with E-state index in [9.17, 15) is 9.59 Å². The van der Waals surface area contributed by atoms with Crippen LogP contribution in [0.5, 0.6) is 0 Å². The smallest absolute Gasteiger partial charge is 0.338 e. The average Bonchev–Trinajstić information content (AvgIpc) is 3.02. The van der Waals surface area contributed by atoms with Crippen molar-refractivity contribution in [3.63, 3.8) is 0 Å². The van der Waals surface area contributed by atoms with Crippen LogP contribution >= 0.6 is 11.8 Å². The van der Waals surface area contributed by atoms with Gasteiger partial charge in [-0.2, -0.15) is 0 Å². The Morgan fingerprint density at radius 2 is 1.77 bits per heavy atom. The summed E-state index contributed by atoms with van der Waals surface area (Å²) >= 11 is 1.70. The van der Waals surface area contributed by atoms with Gasteiger partial charge in [0.1, 0.15) is 0 Å². The largest absolute Gasteiger partial charge is 0.462 e. The fourth-order valence-electron chi connectivity index (χ4n) is 3.74. The topological polar surface area (TPSA) is 65.1 Å². The fourth-order valence-corrected chi connectivity index (χ4v) is 4.68. The molecule has 3 rings (SSSR count). The summed E-state index contributed by atoms with van der Waals surface area (Å²) in [7, 11) is 3.00. The molecular formula is C24H29NO5S. The first-order valence-corrected chi connectivity index (χ1v) is 11.4. The monoisotopic (exact) mass is 443 g/mol. The molecule has 1 heterocycles. The first-order valence-electron chi connectivity index (χ1n) is 10.5. The standard InChI is InChI=1S/C24H29NO5S/c1-5-14-25-21-12-11-19(16-20(21)24(28-3,29-4)23(25)27)31-15-13-17-7-9-18(10-8-17)22(26)30-6-2/h7-12,16H,5-6,13-15H2,1-4H3. The van der Waals surface area contributed by atoms with Gasteiger partial charge >= 0.3 is 5.97 Å². The molecule has 0 saturated heterocycles. The van der Waals surface area contributed by atoms with Gasteiger partial charge in [0.2, 0.25) is 0 Å². The third kappa shape index (κ3) is 4.63. The summed E-state index contributed by atoms with van der Waals surface area (Å²) in [6.07, 6.45) is 1.70. The molecule has 1 amide bonds. The van der Waals surface area contributed by atoms with Crippen LogP contribution in [0.2, 0.25) is 0 Å². The van der Waals surface area contributed by atoms with Crippen LogP contribution < -0.4 is 4.90 Å². The minimum atomic E-state index is -1.38. The van der Waals surface area contributed by atoms with Crippen molar-refractivity contribution in [2.45, 2.75) is 37.4 Å². The number of methoxy groups -OCH3 is 2. The van der Waals surface area contributed by atoms with Gasteiger partial charge in [-0.15, -0.1) is 11.8 Å². The van der Waals surface area contributed by atoms with E-state index in [1.807, 2.05) is 37.3 Å². The van der Waals surface area contributed by atoms with Crippen LogP contribution in [0.15, 0.2) is 47.4 Å². The summed E-state index contributed by atoms with van der Waals surface area (Å²) in [6, 6.07) is 13.5. The number of benzene rings is 2. The van der Waals surface area contributed by atoms with E-state index < -0.39 is 5.79 Å². The molecule has 0 unspecified atom stereocenters. The molecule has 0 atom stereocenters. The molecule has 31 heavy (non-hydrogen) atoms. The third-order valence-corrected chi connectivity index (χ3v) is 6.28. The van der Waals surface area contributed by atoms with Gasteiger partial charge < -0.3 is 19.1 Å². The molecule has 0 saturated carbocycles. The number of thioether (sulfide) groups is 1. The Morgan fingerprint density at radius 3 is 2.39 bits per heavy atom. The molecule has 166 valence electrons. The number of amides is 1. The minimum absolute atomic E-state index is 0.182. The highest BCUT2D eigenvalue weighted by molar-refractivity contribution is 7.99. The van der Waals surface area contributed by atoms with E-state index in [2.05, 4.69) is 0 Å². The molecule has 1 aliphatic rings. The second kappa shape index (κ2) is 10.3. The summed E-state index contributed by atoms with van der Waals surface area (Å²) in [4.78, 5) is 27.5. The summed E-state index contributed by atoms with van der Waals surface area (Å²) in [6.45, 7) is 4.82. The zero-order valence-electron chi connectivity index (χ0n) is 18.5. The Morgan fingerprint density at radius 1 is 1.06 bits per heavy atom. The Bertz CT molecular complexity index is 924. The quantitative estimate of drug-likeness (QED) is 0.308. The van der Waals surface area contributed by atoms with Crippen molar-refractivity contribution in [1.29, 1.82) is 0 Å². The fraction of sp³-hybridized carbons (Fsp3) is 0.417. The zero-order valence-corrected chi connectivity index (χ0v) is 19.3. The number of carbonyl (C=O) groups is 2. The van der Waals surface area contributed by atoms with Crippen molar-refractivity contribution < 1.29 is 23.8 Å². The normalized spacial score (nSPS) is 14.6. The predicted molar refractivity (Wildman–Crippen MR) is 122 cm³/mol. The molecule has 0 radical (unpaired) electrons. The van der Waals surface area contributed by atoms with E-state index >= 15 is 0 Å². The van der Waals surface area contributed by atoms with Crippen LogP contribution in [0, 0.1) is 0 Å². The van der Waals surface area contributed by atoms with Crippen LogP contribution in [0.25, 0.3) is 0 Å². The number of carbonyl (C=O) groups excluding carboxylic acids is 2. The van der Waals surface area contributed by atoms with E-state index in [1.165, 1.54) is 14.2 Å². The van der Waals surface area contributed by atoms with Gasteiger partial charge in [0.25, 0.3) is 11.7 Å². The number of aryl methyl sites for hydroxylation is 1. The lowest BCUT2D eigenvalue weighted by molar-refractivity contribution is -0.209. The van der Waals surface area contributed by atoms with Crippen molar-refractivity contribution >= 4 is 29.3 Å². The van der Waals surface area contributed by atoms with Crippen LogP contribution in [0.4, 0.5) is 5.69 Å². The van der Waals surface area contributed by atoms with Crippen LogP contribution in [-0.4, -0.2) is 45.0 Å². The van der Waals surface area contributed by atoms with Crippen molar-refractivity contribution in [1.82, 2.24) is 0 Å². The summed E-state index contributed by atoms with van der Waals surface area (Å²) in [5.41, 5.74) is 3.30. The van der Waals surface area contributed by atoms with Gasteiger partial charge in [0, 0.05) is 37.0 Å². The highest BCUT2D eigenvalue weighted by Gasteiger charge is 2.52. The van der Waals surface area contributed by atoms with Crippen LogP contribution in [0.1, 0.15) is 41.8 Å². The lowest BCUT2D eigenvalue weighted by Crippen LogP contribution is -2.43. The molecule has 2 aromatic carbocycles. The molecule has 6 nitrogen and oxygen atoms in total. The SMILES string of the molecule is CCCN1C(=O)C(OC)(OC)c2cc(SCCc3ccc(C(=O)OCC)cc3)ccc21. The van der Waals surface area contributed by atoms with Crippen LogP contribution in [-0.2, 0) is 31.2 Å². The number of hydrogen-bond donors (Lipinski definition) is 0. The summed E-state index contributed by atoms with van der Waals surface area (Å²) in [5, 5.41) is 0. The van der Waals surface area contributed by atoms with Gasteiger partial charge in [-0.25, -0.2) is 4.79 Å². The van der Waals surface area contributed by atoms with Crippen molar-refractivity contribution in [2.75, 3.05) is 38.0 Å². The molecule has 2 aromatic rings. The minimum Gasteiger partial charge on any atom is -0.462 e. The first kappa shape index (κ1) is 23.3. The maximum Gasteiger partial charge on any atom is 0.338 e. The summed E-state index contributed by atoms with van der Waals surface area (Å²) in [5.74, 6) is -1.01. The van der Waals surface area contributed by atoms with Gasteiger partial charge in [0.05, 0.1) is 17.9 Å². The predicted octanol–water partition coefficient (Wildman–Crippen LogP) is 4.40. The van der Waals surface area contributed by atoms with E-state index in [0.717, 1.165) is 40.3 Å². The number of esters is 1. The number of ether oxygens (including phenoxy) is 3. The molecule has 0 N–H and O–H groups in total. The molecule has 1 aliphatic heterocycles. The van der Waals surface area contributed by atoms with E-state index in [0.29, 0.717) is 18.7 Å². The van der Waals surface area contributed by atoms with E-state index in [1.54, 1.807) is 35.7 Å². The van der Waals surface area contributed by atoms with Crippen molar-refractivity contribution in [3.05, 3.63) is 59.2 Å². The molecule has 0 spiro atoms. The molecule has 0 aliphatic carbocycles. The van der Waals surface area contributed by atoms with Crippen LogP contribution in [0.3, 0.4) is 0 Å². The molecular weight excluding hydrogens is 414 g/mol. The Hall–Kier alpha value is -2.35. The van der Waals surface area contributed by atoms with Crippen molar-refractivity contribution in [2.24, 2.45) is 0 Å². The molecule has 0 bridgehead atoms. The molecule has 0 fully saturated rings. The highest BCUT2D eigenvalue weighted by atomic mass is 32.2. The average molecular weight is 444 g/mol. The Balaban J connectivity index is 1.70. The second-order valence-electron chi connectivity index (χ2n) is 7.18. The lowest BCUT2D eigenvalue weighted by atomic mass is 10.1. The lowest BCUT2D eigenvalue weighted by Gasteiger charge is -2.25. The van der Waals surface area contributed by atoms with Gasteiger partial charge in [-0.1, -0.05) is 19.1 Å². The van der Waals surface area contributed by atoms with Crippen molar-refractivity contribution in [3.8, 4) is 0 Å². The Kier molecular flexibility index (Phi) is 7.75. The zero-order chi connectivity index (χ0) is 22.4. The summed E-state index contributed by atoms with van der Waals surface area (Å²) < 4.78 is 16.2. The highest BCUT2D eigenvalue weighted by Crippen LogP contribution is 2.44. The van der Waals surface area contributed by atoms with Gasteiger partial charge in [-0.3, -0.25) is 4.79 Å². The third-order valence-electron chi connectivity index (χ3n) is 5.29. The molecule has 7 heteroatoms. The maximum atomic E-state index is 13.0. The second-order valence-corrected chi connectivity index (χ2v) is 8.34. The van der Waals surface area contributed by atoms with Gasteiger partial charge in [0.15, 0.2) is 0 Å². The number of rotatable bonds is 10. The first-order chi connectivity index (χ1) is 15.0. The number of nitrogens with zero attached hydrogens (tertiary/aromatic N) is 1. The van der Waals surface area contributed by atoms with E-state index in [-0.39, 0.29) is 11.9 Å². The van der Waals surface area contributed by atoms with Gasteiger partial charge in [-0.05, 0) is 55.7 Å². The number of hydrogen-bond acceptors (Lipinski definition) is 6. The number of anilines is 1. The Labute approximate surface area is 187 Å².